The van der Waals surface area contributed by atoms with Crippen LogP contribution in [0.1, 0.15) is 19.8 Å². The van der Waals surface area contributed by atoms with Crippen molar-refractivity contribution in [3.63, 3.8) is 0 Å². The predicted octanol–water partition coefficient (Wildman–Crippen LogP) is 3.85. The lowest BCUT2D eigenvalue weighted by molar-refractivity contribution is 0.691. The fraction of sp³-hybridized carbons (Fsp3) is 0.333. The molecule has 2 heterocycles. The number of rotatable bonds is 4. The van der Waals surface area contributed by atoms with Crippen molar-refractivity contribution in [3.05, 3.63) is 59.8 Å². The summed E-state index contributed by atoms with van der Waals surface area (Å²) in [5.74, 6) is 0.510. The topological polar surface area (TPSA) is 24.7 Å². The standard InChI is InChI=1S/C18H20N2/c1-14-4-5-15(11-14)6-7-17-8-9-18(20-17)12-16-3-2-10-19-13-16/h2-10,16-17H,11-13H2,1H3/b7-6+. The molecule has 1 aliphatic carbocycles. The highest BCUT2D eigenvalue weighted by molar-refractivity contribution is 5.97. The molecule has 0 aromatic rings. The number of aliphatic imine (C=N–C) groups is 2. The SMILES string of the molecule is CC1=CC=C(/C=C/C2C=CC(CC3C=CC=NC3)=N2)C1. The first kappa shape index (κ1) is 13.0. The third-order valence-electron chi connectivity index (χ3n) is 3.76. The molecule has 2 atom stereocenters. The molecule has 3 rings (SSSR count). The van der Waals surface area contributed by atoms with Crippen molar-refractivity contribution >= 4 is 11.9 Å². The van der Waals surface area contributed by atoms with Crippen LogP contribution in [0.3, 0.4) is 0 Å². The summed E-state index contributed by atoms with van der Waals surface area (Å²) in [5.41, 5.74) is 4.01. The lowest BCUT2D eigenvalue weighted by Gasteiger charge is -2.11. The van der Waals surface area contributed by atoms with Crippen LogP contribution in [0.4, 0.5) is 0 Å². The maximum Gasteiger partial charge on any atom is 0.0871 e. The summed E-state index contributed by atoms with van der Waals surface area (Å²) in [4.78, 5) is 9.05. The summed E-state index contributed by atoms with van der Waals surface area (Å²) in [6.45, 7) is 3.06. The summed E-state index contributed by atoms with van der Waals surface area (Å²) >= 11 is 0. The van der Waals surface area contributed by atoms with Gasteiger partial charge in [-0.2, -0.15) is 0 Å². The van der Waals surface area contributed by atoms with E-state index in [1.54, 1.807) is 0 Å². The Hall–Kier alpha value is -1.96. The summed E-state index contributed by atoms with van der Waals surface area (Å²) < 4.78 is 0. The number of hydrogen-bond acceptors (Lipinski definition) is 2. The van der Waals surface area contributed by atoms with Crippen molar-refractivity contribution in [1.29, 1.82) is 0 Å². The zero-order valence-electron chi connectivity index (χ0n) is 11.9. The minimum absolute atomic E-state index is 0.211. The van der Waals surface area contributed by atoms with Crippen LogP contribution < -0.4 is 0 Å². The number of dihydropyridines is 1. The fourth-order valence-electron chi connectivity index (χ4n) is 2.67. The maximum atomic E-state index is 4.75. The molecular weight excluding hydrogens is 244 g/mol. The lowest BCUT2D eigenvalue weighted by Crippen LogP contribution is -2.09. The quantitative estimate of drug-likeness (QED) is 0.737. The van der Waals surface area contributed by atoms with Crippen LogP contribution in [0, 0.1) is 5.92 Å². The second-order valence-electron chi connectivity index (χ2n) is 5.62. The minimum atomic E-state index is 0.211. The molecule has 2 heteroatoms. The molecule has 0 aromatic heterocycles. The molecule has 102 valence electrons. The Bertz CT molecular complexity index is 583. The van der Waals surface area contributed by atoms with Gasteiger partial charge in [0.15, 0.2) is 0 Å². The van der Waals surface area contributed by atoms with Crippen molar-refractivity contribution in [3.8, 4) is 0 Å². The fourth-order valence-corrected chi connectivity index (χ4v) is 2.67. The van der Waals surface area contributed by atoms with Gasteiger partial charge in [-0.25, -0.2) is 0 Å². The van der Waals surface area contributed by atoms with E-state index in [0.717, 1.165) is 19.4 Å². The molecule has 20 heavy (non-hydrogen) atoms. The molecule has 0 radical (unpaired) electrons. The second kappa shape index (κ2) is 6.00. The monoisotopic (exact) mass is 264 g/mol. The van der Waals surface area contributed by atoms with E-state index in [0.29, 0.717) is 5.92 Å². The van der Waals surface area contributed by atoms with Gasteiger partial charge in [-0.3, -0.25) is 9.98 Å². The number of hydrogen-bond donors (Lipinski definition) is 0. The molecule has 0 spiro atoms. The minimum Gasteiger partial charge on any atom is -0.293 e. The highest BCUT2D eigenvalue weighted by atomic mass is 14.8. The van der Waals surface area contributed by atoms with Crippen LogP contribution in [0.5, 0.6) is 0 Å². The zero-order valence-corrected chi connectivity index (χ0v) is 11.9. The van der Waals surface area contributed by atoms with Gasteiger partial charge in [-0.05, 0) is 37.5 Å². The Morgan fingerprint density at radius 2 is 2.25 bits per heavy atom. The summed E-state index contributed by atoms with van der Waals surface area (Å²) in [5, 5.41) is 0. The van der Waals surface area contributed by atoms with Crippen LogP contribution in [0.2, 0.25) is 0 Å². The average molecular weight is 264 g/mol. The maximum absolute atomic E-state index is 4.75. The van der Waals surface area contributed by atoms with Gasteiger partial charge in [-0.15, -0.1) is 0 Å². The van der Waals surface area contributed by atoms with Crippen molar-refractivity contribution in [2.45, 2.75) is 25.8 Å². The summed E-state index contributed by atoms with van der Waals surface area (Å²) in [6.07, 6.45) is 21.3. The predicted molar refractivity (Wildman–Crippen MR) is 86.6 cm³/mol. The summed E-state index contributed by atoms with van der Waals surface area (Å²) in [6, 6.07) is 0.211. The number of allylic oxidation sites excluding steroid dienone is 7. The molecule has 2 unspecified atom stereocenters. The van der Waals surface area contributed by atoms with E-state index in [4.69, 9.17) is 4.99 Å². The molecule has 0 saturated carbocycles. The first-order chi connectivity index (χ1) is 9.79. The Kier molecular flexibility index (Phi) is 3.91. The average Bonchev–Trinajstić information content (AvgIpc) is 3.07. The van der Waals surface area contributed by atoms with E-state index in [1.807, 2.05) is 12.3 Å². The van der Waals surface area contributed by atoms with Gasteiger partial charge in [-0.1, -0.05) is 42.0 Å². The van der Waals surface area contributed by atoms with Gasteiger partial charge >= 0.3 is 0 Å². The largest absolute Gasteiger partial charge is 0.293 e. The molecule has 0 aromatic carbocycles. The van der Waals surface area contributed by atoms with Crippen LogP contribution in [-0.2, 0) is 0 Å². The third-order valence-corrected chi connectivity index (χ3v) is 3.76. The van der Waals surface area contributed by atoms with Crippen molar-refractivity contribution in [1.82, 2.24) is 0 Å². The van der Waals surface area contributed by atoms with Crippen molar-refractivity contribution < 1.29 is 0 Å². The van der Waals surface area contributed by atoms with Crippen molar-refractivity contribution in [2.24, 2.45) is 15.9 Å². The molecule has 2 nitrogen and oxygen atoms in total. The van der Waals surface area contributed by atoms with Crippen LogP contribution in [0.15, 0.2) is 69.7 Å². The first-order valence-electron chi connectivity index (χ1n) is 7.25. The van der Waals surface area contributed by atoms with Gasteiger partial charge in [0.05, 0.1) is 6.04 Å². The molecule has 0 N–H and O–H groups in total. The second-order valence-corrected chi connectivity index (χ2v) is 5.62. The van der Waals surface area contributed by atoms with Crippen LogP contribution in [0.25, 0.3) is 0 Å². The Morgan fingerprint density at radius 3 is 3.00 bits per heavy atom. The van der Waals surface area contributed by atoms with Crippen LogP contribution in [-0.4, -0.2) is 24.5 Å². The van der Waals surface area contributed by atoms with Gasteiger partial charge in [0, 0.05) is 24.4 Å². The molecular formula is C18H20N2. The highest BCUT2D eigenvalue weighted by Crippen LogP contribution is 2.20. The Morgan fingerprint density at radius 1 is 1.30 bits per heavy atom. The van der Waals surface area contributed by atoms with Gasteiger partial charge in [0.1, 0.15) is 0 Å². The zero-order chi connectivity index (χ0) is 13.8. The van der Waals surface area contributed by atoms with E-state index >= 15 is 0 Å². The first-order valence-corrected chi connectivity index (χ1v) is 7.25. The van der Waals surface area contributed by atoms with E-state index in [1.165, 1.54) is 16.9 Å². The smallest absolute Gasteiger partial charge is 0.0871 e. The van der Waals surface area contributed by atoms with Crippen molar-refractivity contribution in [2.75, 3.05) is 6.54 Å². The molecule has 0 saturated heterocycles. The third kappa shape index (κ3) is 3.32. The van der Waals surface area contributed by atoms with E-state index in [-0.39, 0.29) is 6.04 Å². The van der Waals surface area contributed by atoms with Crippen LogP contribution >= 0.6 is 0 Å². The van der Waals surface area contributed by atoms with Gasteiger partial charge in [0.2, 0.25) is 0 Å². The molecule has 0 bridgehead atoms. The molecule has 0 amide bonds. The van der Waals surface area contributed by atoms with E-state index in [9.17, 15) is 0 Å². The lowest BCUT2D eigenvalue weighted by atomic mass is 10.0. The highest BCUT2D eigenvalue weighted by Gasteiger charge is 2.13. The molecule has 0 fully saturated rings. The normalized spacial score (nSPS) is 28.1. The van der Waals surface area contributed by atoms with Gasteiger partial charge < -0.3 is 0 Å². The molecule has 2 aliphatic heterocycles. The summed E-state index contributed by atoms with van der Waals surface area (Å²) in [7, 11) is 0. The number of nitrogens with zero attached hydrogens (tertiary/aromatic N) is 2. The van der Waals surface area contributed by atoms with E-state index < -0.39 is 0 Å². The van der Waals surface area contributed by atoms with E-state index in [2.05, 4.69) is 54.4 Å². The Balaban J connectivity index is 1.53. The molecule has 3 aliphatic rings. The Labute approximate surface area is 120 Å². The van der Waals surface area contributed by atoms with Gasteiger partial charge in [0.25, 0.3) is 0 Å².